The second-order valence-corrected chi connectivity index (χ2v) is 14.3. The molecular formula is C51H29N3O2. The van der Waals surface area contributed by atoms with E-state index in [4.69, 9.17) is 23.8 Å². The van der Waals surface area contributed by atoms with Crippen molar-refractivity contribution >= 4 is 76.2 Å². The molecule has 0 aliphatic carbocycles. The van der Waals surface area contributed by atoms with Crippen LogP contribution in [0.4, 0.5) is 0 Å². The first-order chi connectivity index (χ1) is 27.7. The lowest BCUT2D eigenvalue weighted by atomic mass is 9.94. The molecule has 0 atom stereocenters. The lowest BCUT2D eigenvalue weighted by Crippen LogP contribution is -2.01. The van der Waals surface area contributed by atoms with E-state index < -0.39 is 0 Å². The van der Waals surface area contributed by atoms with E-state index in [1.165, 1.54) is 21.5 Å². The first-order valence-corrected chi connectivity index (χ1v) is 18.8. The van der Waals surface area contributed by atoms with Crippen LogP contribution in [0.5, 0.6) is 0 Å². The summed E-state index contributed by atoms with van der Waals surface area (Å²) in [6.07, 6.45) is 0. The fourth-order valence-electron chi connectivity index (χ4n) is 8.52. The van der Waals surface area contributed by atoms with Crippen LogP contribution in [0.25, 0.3) is 121 Å². The van der Waals surface area contributed by atoms with Crippen LogP contribution in [0.3, 0.4) is 0 Å². The highest BCUT2D eigenvalue weighted by molar-refractivity contribution is 6.15. The van der Waals surface area contributed by atoms with Gasteiger partial charge in [0.25, 0.3) is 0 Å². The van der Waals surface area contributed by atoms with Crippen molar-refractivity contribution in [3.63, 3.8) is 0 Å². The molecule has 0 bridgehead atoms. The van der Waals surface area contributed by atoms with Crippen molar-refractivity contribution < 1.29 is 8.83 Å². The van der Waals surface area contributed by atoms with E-state index >= 15 is 0 Å². The molecule has 5 nitrogen and oxygen atoms in total. The molecule has 12 aromatic rings. The predicted octanol–water partition coefficient (Wildman–Crippen LogP) is 13.8. The van der Waals surface area contributed by atoms with Crippen molar-refractivity contribution in [2.24, 2.45) is 0 Å². The first-order valence-electron chi connectivity index (χ1n) is 18.8. The van der Waals surface area contributed by atoms with Gasteiger partial charge < -0.3 is 8.83 Å². The zero-order valence-corrected chi connectivity index (χ0v) is 29.9. The minimum Gasteiger partial charge on any atom is -0.456 e. The summed E-state index contributed by atoms with van der Waals surface area (Å²) in [4.78, 5) is 16.0. The normalized spacial score (nSPS) is 11.9. The van der Waals surface area contributed by atoms with E-state index in [9.17, 15) is 0 Å². The van der Waals surface area contributed by atoms with Gasteiger partial charge in [0.2, 0.25) is 0 Å². The molecule has 9 aromatic carbocycles. The van der Waals surface area contributed by atoms with Crippen molar-refractivity contribution in [3.05, 3.63) is 176 Å². The van der Waals surface area contributed by atoms with Gasteiger partial charge in [0, 0.05) is 38.2 Å². The molecule has 0 radical (unpaired) electrons. The molecule has 3 heterocycles. The summed E-state index contributed by atoms with van der Waals surface area (Å²) in [7, 11) is 0. The Morgan fingerprint density at radius 2 is 0.821 bits per heavy atom. The molecule has 12 rings (SSSR count). The van der Waals surface area contributed by atoms with Crippen molar-refractivity contribution in [3.8, 4) is 45.3 Å². The SMILES string of the molecule is c1ccc2c(-c3cc(-c4nc(-c5ccc6c(ccc7ccccc76)c5)nc(-c5cccc6oc7ccccc7c56)n4)c4c(c3)oc3ccccc34)cccc2c1. The van der Waals surface area contributed by atoms with Gasteiger partial charge in [-0.15, -0.1) is 0 Å². The van der Waals surface area contributed by atoms with Crippen molar-refractivity contribution in [2.75, 3.05) is 0 Å². The number of fused-ring (bicyclic) bond motifs is 10. The maximum Gasteiger partial charge on any atom is 0.164 e. The van der Waals surface area contributed by atoms with Crippen LogP contribution >= 0.6 is 0 Å². The average Bonchev–Trinajstić information content (AvgIpc) is 3.84. The molecule has 3 aromatic heterocycles. The molecule has 260 valence electrons. The molecule has 0 aliphatic rings. The molecule has 56 heavy (non-hydrogen) atoms. The fraction of sp³-hybridized carbons (Fsp3) is 0. The molecule has 5 heteroatoms. The first kappa shape index (κ1) is 30.8. The third kappa shape index (κ3) is 4.71. The Morgan fingerprint density at radius 1 is 0.286 bits per heavy atom. The number of nitrogens with zero attached hydrogens (tertiary/aromatic N) is 3. The fourth-order valence-corrected chi connectivity index (χ4v) is 8.52. The lowest BCUT2D eigenvalue weighted by Gasteiger charge is -2.13. The maximum atomic E-state index is 6.61. The van der Waals surface area contributed by atoms with Crippen LogP contribution < -0.4 is 0 Å². The Kier molecular flexibility index (Phi) is 6.56. The van der Waals surface area contributed by atoms with E-state index in [1.807, 2.05) is 48.5 Å². The van der Waals surface area contributed by atoms with E-state index in [2.05, 4.69) is 127 Å². The standard InChI is InChI=1S/C51H29N3O2/c1-3-14-35-30(11-1)13-9-18-37(35)34-28-42(48-40-17-6-8-21-44(40)56-46(48)29-34)51-53-49(33-25-26-38-32(27-33)24-23-31-12-2-4-15-36(31)38)52-50(54-51)41-19-10-22-45-47(41)39-16-5-7-20-43(39)55-45/h1-29H. The summed E-state index contributed by atoms with van der Waals surface area (Å²) in [6.45, 7) is 0. The smallest absolute Gasteiger partial charge is 0.164 e. The highest BCUT2D eigenvalue weighted by Crippen LogP contribution is 2.42. The number of rotatable bonds is 4. The molecule has 0 amide bonds. The summed E-state index contributed by atoms with van der Waals surface area (Å²) >= 11 is 0. The predicted molar refractivity (Wildman–Crippen MR) is 229 cm³/mol. The average molecular weight is 716 g/mol. The van der Waals surface area contributed by atoms with Crippen molar-refractivity contribution in [2.45, 2.75) is 0 Å². The Bertz CT molecular complexity index is 3550. The molecule has 0 unspecified atom stereocenters. The number of para-hydroxylation sites is 2. The second kappa shape index (κ2) is 11.9. The van der Waals surface area contributed by atoms with Crippen LogP contribution in [-0.2, 0) is 0 Å². The number of aromatic nitrogens is 3. The van der Waals surface area contributed by atoms with Crippen LogP contribution in [0, 0.1) is 0 Å². The van der Waals surface area contributed by atoms with Gasteiger partial charge in [-0.25, -0.2) is 15.0 Å². The number of furan rings is 2. The third-order valence-electron chi connectivity index (χ3n) is 11.1. The molecule has 0 N–H and O–H groups in total. The lowest BCUT2D eigenvalue weighted by molar-refractivity contribution is 0.668. The molecule has 0 saturated heterocycles. The van der Waals surface area contributed by atoms with E-state index in [1.54, 1.807) is 0 Å². The molecule has 0 fully saturated rings. The van der Waals surface area contributed by atoms with Gasteiger partial charge in [-0.05, 0) is 79.8 Å². The summed E-state index contributed by atoms with van der Waals surface area (Å²) in [5.41, 5.74) is 7.97. The minimum atomic E-state index is 0.562. The molecule has 0 aliphatic heterocycles. The Balaban J connectivity index is 1.17. The highest BCUT2D eigenvalue weighted by atomic mass is 16.3. The van der Waals surface area contributed by atoms with Crippen LogP contribution in [0.2, 0.25) is 0 Å². The van der Waals surface area contributed by atoms with Gasteiger partial charge >= 0.3 is 0 Å². The van der Waals surface area contributed by atoms with Gasteiger partial charge in [0.1, 0.15) is 22.3 Å². The van der Waals surface area contributed by atoms with Gasteiger partial charge in [0.05, 0.1) is 0 Å². The number of hydrogen-bond acceptors (Lipinski definition) is 5. The van der Waals surface area contributed by atoms with Gasteiger partial charge in [-0.3, -0.25) is 0 Å². The molecule has 0 saturated carbocycles. The summed E-state index contributed by atoms with van der Waals surface area (Å²) in [6, 6.07) is 61.0. The monoisotopic (exact) mass is 715 g/mol. The van der Waals surface area contributed by atoms with Crippen molar-refractivity contribution in [1.29, 1.82) is 0 Å². The quantitative estimate of drug-likeness (QED) is 0.170. The maximum absolute atomic E-state index is 6.61. The Morgan fingerprint density at radius 3 is 1.62 bits per heavy atom. The van der Waals surface area contributed by atoms with E-state index in [0.29, 0.717) is 17.5 Å². The highest BCUT2D eigenvalue weighted by Gasteiger charge is 2.22. The largest absolute Gasteiger partial charge is 0.456 e. The van der Waals surface area contributed by atoms with Crippen LogP contribution in [0.1, 0.15) is 0 Å². The summed E-state index contributed by atoms with van der Waals surface area (Å²) < 4.78 is 13.0. The molecular weight excluding hydrogens is 687 g/mol. The van der Waals surface area contributed by atoms with E-state index in [-0.39, 0.29) is 0 Å². The number of benzene rings is 9. The van der Waals surface area contributed by atoms with E-state index in [0.717, 1.165) is 82.5 Å². The Hall–Kier alpha value is -7.63. The van der Waals surface area contributed by atoms with Gasteiger partial charge in [-0.2, -0.15) is 0 Å². The second-order valence-electron chi connectivity index (χ2n) is 14.3. The molecule has 0 spiro atoms. The summed E-state index contributed by atoms with van der Waals surface area (Å²) in [5.74, 6) is 1.71. The van der Waals surface area contributed by atoms with Gasteiger partial charge in [-0.1, -0.05) is 140 Å². The van der Waals surface area contributed by atoms with Gasteiger partial charge in [0.15, 0.2) is 17.5 Å². The third-order valence-corrected chi connectivity index (χ3v) is 11.1. The van der Waals surface area contributed by atoms with Crippen LogP contribution in [-0.4, -0.2) is 15.0 Å². The zero-order chi connectivity index (χ0) is 36.7. The topological polar surface area (TPSA) is 65.0 Å². The van der Waals surface area contributed by atoms with Crippen LogP contribution in [0.15, 0.2) is 185 Å². The van der Waals surface area contributed by atoms with Crippen molar-refractivity contribution in [1.82, 2.24) is 15.0 Å². The summed E-state index contributed by atoms with van der Waals surface area (Å²) in [5, 5.41) is 11.0. The number of hydrogen-bond donors (Lipinski definition) is 0. The zero-order valence-electron chi connectivity index (χ0n) is 29.9. The Labute approximate surface area is 320 Å². The minimum absolute atomic E-state index is 0.562.